The summed E-state index contributed by atoms with van der Waals surface area (Å²) in [6, 6.07) is 0. The predicted octanol–water partition coefficient (Wildman–Crippen LogP) is 0.00990. The second-order valence-corrected chi connectivity index (χ2v) is 3.11. The molecule has 0 radical (unpaired) electrons. The molecule has 5 nitrogen and oxygen atoms in total. The lowest BCUT2D eigenvalue weighted by atomic mass is 10.4. The molecule has 0 fully saturated rings. The van der Waals surface area contributed by atoms with Gasteiger partial charge in [-0.15, -0.1) is 12.4 Å². The van der Waals surface area contributed by atoms with E-state index in [4.69, 9.17) is 5.11 Å². The Labute approximate surface area is 95.7 Å². The molecule has 1 aliphatic rings. The molecule has 0 saturated heterocycles. The molecule has 0 aromatic heterocycles. The highest BCUT2D eigenvalue weighted by atomic mass is 35.5. The Hall–Kier alpha value is -0.940. The minimum Gasteiger partial charge on any atom is -0.469 e. The van der Waals surface area contributed by atoms with Gasteiger partial charge in [0.25, 0.3) is 0 Å². The molecule has 0 saturated carbocycles. The lowest BCUT2D eigenvalue weighted by molar-refractivity contribution is -0.140. The minimum absolute atomic E-state index is 0. The zero-order valence-electron chi connectivity index (χ0n) is 8.76. The molecule has 15 heavy (non-hydrogen) atoms. The summed E-state index contributed by atoms with van der Waals surface area (Å²) in [5.41, 5.74) is 0. The van der Waals surface area contributed by atoms with Crippen LogP contribution in [0.25, 0.3) is 0 Å². The highest BCUT2D eigenvalue weighted by Crippen LogP contribution is 2.06. The molecule has 0 bridgehead atoms. The summed E-state index contributed by atoms with van der Waals surface area (Å²) in [6.45, 7) is 2.17. The van der Waals surface area contributed by atoms with E-state index in [1.54, 1.807) is 0 Å². The van der Waals surface area contributed by atoms with Gasteiger partial charge in [-0.1, -0.05) is 0 Å². The molecular weight excluding hydrogens is 220 g/mol. The number of ether oxygens (including phenoxy) is 1. The van der Waals surface area contributed by atoms with E-state index in [9.17, 15) is 4.79 Å². The second kappa shape index (κ2) is 7.36. The van der Waals surface area contributed by atoms with Gasteiger partial charge in [-0.2, -0.15) is 0 Å². The van der Waals surface area contributed by atoms with Crippen LogP contribution in [0.15, 0.2) is 12.4 Å². The van der Waals surface area contributed by atoms with E-state index < -0.39 is 0 Å². The number of aliphatic hydroxyl groups is 1. The van der Waals surface area contributed by atoms with Gasteiger partial charge in [0.05, 0.1) is 26.8 Å². The summed E-state index contributed by atoms with van der Waals surface area (Å²) in [6.07, 6.45) is 4.22. The van der Waals surface area contributed by atoms with Crippen LogP contribution in [-0.4, -0.2) is 54.4 Å². The Morgan fingerprint density at radius 3 is 2.53 bits per heavy atom. The Morgan fingerprint density at radius 1 is 1.40 bits per heavy atom. The molecule has 0 spiro atoms. The van der Waals surface area contributed by atoms with Crippen molar-refractivity contribution in [1.29, 1.82) is 0 Å². The van der Waals surface area contributed by atoms with Crippen molar-refractivity contribution in [2.75, 3.05) is 33.5 Å². The van der Waals surface area contributed by atoms with E-state index in [2.05, 4.69) is 4.74 Å². The van der Waals surface area contributed by atoms with E-state index in [-0.39, 0.29) is 25.0 Å². The van der Waals surface area contributed by atoms with Gasteiger partial charge in [-0.05, 0) is 0 Å². The zero-order valence-corrected chi connectivity index (χ0v) is 9.57. The van der Waals surface area contributed by atoms with Gasteiger partial charge in [0, 0.05) is 25.5 Å². The molecule has 1 rings (SSSR count). The Bertz CT molecular complexity index is 223. The smallest absolute Gasteiger partial charge is 0.307 e. The molecular formula is C9H17ClN2O3. The summed E-state index contributed by atoms with van der Waals surface area (Å²) in [4.78, 5) is 14.8. The van der Waals surface area contributed by atoms with Crippen molar-refractivity contribution in [1.82, 2.24) is 9.80 Å². The van der Waals surface area contributed by atoms with Gasteiger partial charge < -0.3 is 19.6 Å². The fourth-order valence-corrected chi connectivity index (χ4v) is 1.27. The average Bonchev–Trinajstić information content (AvgIpc) is 2.63. The maximum Gasteiger partial charge on any atom is 0.307 e. The van der Waals surface area contributed by atoms with Crippen molar-refractivity contribution in [3.05, 3.63) is 12.4 Å². The number of aliphatic hydroxyl groups excluding tert-OH is 1. The van der Waals surface area contributed by atoms with Crippen LogP contribution in [0.3, 0.4) is 0 Å². The lowest BCUT2D eigenvalue weighted by Gasteiger charge is -2.19. The monoisotopic (exact) mass is 236 g/mol. The first kappa shape index (κ1) is 14.1. The van der Waals surface area contributed by atoms with E-state index >= 15 is 0 Å². The maximum absolute atomic E-state index is 10.8. The van der Waals surface area contributed by atoms with Crippen LogP contribution in [0, 0.1) is 0 Å². The predicted molar refractivity (Wildman–Crippen MR) is 58.4 cm³/mol. The standard InChI is InChI=1S/C9H16N2O3.ClH/c1-14-9(13)2-3-10-4-5-11(8-10)6-7-12;/h4-5,12H,2-3,6-8H2,1H3;1H. The number of methoxy groups -OCH3 is 1. The molecule has 0 aromatic rings. The quantitative estimate of drug-likeness (QED) is 0.682. The number of carbonyl (C=O) groups is 1. The number of hydrogen-bond donors (Lipinski definition) is 1. The van der Waals surface area contributed by atoms with Crippen molar-refractivity contribution < 1.29 is 14.6 Å². The van der Waals surface area contributed by atoms with Crippen LogP contribution in [0.2, 0.25) is 0 Å². The summed E-state index contributed by atoms with van der Waals surface area (Å²) in [7, 11) is 1.39. The number of halogens is 1. The third-order valence-corrected chi connectivity index (χ3v) is 2.07. The van der Waals surface area contributed by atoms with Gasteiger partial charge in [0.2, 0.25) is 0 Å². The molecule has 0 aromatic carbocycles. The average molecular weight is 237 g/mol. The van der Waals surface area contributed by atoms with Gasteiger partial charge in [-0.3, -0.25) is 4.79 Å². The van der Waals surface area contributed by atoms with Gasteiger partial charge in [0.15, 0.2) is 0 Å². The number of esters is 1. The molecule has 6 heteroatoms. The van der Waals surface area contributed by atoms with Crippen LogP contribution < -0.4 is 0 Å². The first-order valence-corrected chi connectivity index (χ1v) is 4.60. The van der Waals surface area contributed by atoms with Crippen LogP contribution in [0.4, 0.5) is 0 Å². The highest BCUT2D eigenvalue weighted by Gasteiger charge is 2.12. The molecule has 1 aliphatic heterocycles. The van der Waals surface area contributed by atoms with Crippen LogP contribution in [0.1, 0.15) is 6.42 Å². The van der Waals surface area contributed by atoms with E-state index in [1.165, 1.54) is 7.11 Å². The third-order valence-electron chi connectivity index (χ3n) is 2.07. The van der Waals surface area contributed by atoms with Crippen molar-refractivity contribution in [2.45, 2.75) is 6.42 Å². The fraction of sp³-hybridized carbons (Fsp3) is 0.667. The van der Waals surface area contributed by atoms with Crippen molar-refractivity contribution in [2.24, 2.45) is 0 Å². The second-order valence-electron chi connectivity index (χ2n) is 3.11. The molecule has 0 aliphatic carbocycles. The van der Waals surface area contributed by atoms with Crippen LogP contribution in [-0.2, 0) is 9.53 Å². The first-order valence-electron chi connectivity index (χ1n) is 4.60. The minimum atomic E-state index is -0.195. The van der Waals surface area contributed by atoms with Crippen molar-refractivity contribution >= 4 is 18.4 Å². The third kappa shape index (κ3) is 4.90. The van der Waals surface area contributed by atoms with Crippen LogP contribution >= 0.6 is 12.4 Å². The Morgan fingerprint density at radius 2 is 2.00 bits per heavy atom. The number of β-amino-alcohol motifs (C(OH)–C–C–N with tert-alkyl or cyclic N) is 1. The molecule has 0 unspecified atom stereocenters. The number of nitrogens with zero attached hydrogens (tertiary/aromatic N) is 2. The van der Waals surface area contributed by atoms with Crippen molar-refractivity contribution in [3.63, 3.8) is 0 Å². The molecule has 1 N–H and O–H groups in total. The topological polar surface area (TPSA) is 53.0 Å². The van der Waals surface area contributed by atoms with E-state index in [0.29, 0.717) is 19.5 Å². The molecule has 0 atom stereocenters. The SMILES string of the molecule is COC(=O)CCN1C=CN(CCO)C1.Cl. The van der Waals surface area contributed by atoms with Crippen molar-refractivity contribution in [3.8, 4) is 0 Å². The van der Waals surface area contributed by atoms with Gasteiger partial charge >= 0.3 is 5.97 Å². The summed E-state index contributed by atoms with van der Waals surface area (Å²) in [5, 5.41) is 8.70. The van der Waals surface area contributed by atoms with Gasteiger partial charge in [-0.25, -0.2) is 0 Å². The summed E-state index contributed by atoms with van der Waals surface area (Å²) < 4.78 is 4.54. The number of carbonyl (C=O) groups excluding carboxylic acids is 1. The number of rotatable bonds is 5. The largest absolute Gasteiger partial charge is 0.469 e. The molecule has 1 heterocycles. The highest BCUT2D eigenvalue weighted by molar-refractivity contribution is 5.85. The fourth-order valence-electron chi connectivity index (χ4n) is 1.27. The molecule has 0 amide bonds. The van der Waals surface area contributed by atoms with Gasteiger partial charge in [0.1, 0.15) is 0 Å². The van der Waals surface area contributed by atoms with E-state index in [1.807, 2.05) is 22.2 Å². The zero-order chi connectivity index (χ0) is 10.4. The summed E-state index contributed by atoms with van der Waals surface area (Å²) >= 11 is 0. The summed E-state index contributed by atoms with van der Waals surface area (Å²) in [5.74, 6) is -0.195. The maximum atomic E-state index is 10.8. The molecule has 88 valence electrons. The number of hydrogen-bond acceptors (Lipinski definition) is 5. The lowest BCUT2D eigenvalue weighted by Crippen LogP contribution is -2.28. The Balaban J connectivity index is 0.00000196. The van der Waals surface area contributed by atoms with E-state index in [0.717, 1.165) is 6.67 Å². The normalized spacial score (nSPS) is 14.0. The first-order chi connectivity index (χ1) is 6.76. The van der Waals surface area contributed by atoms with Crippen LogP contribution in [0.5, 0.6) is 0 Å². The Kier molecular flexibility index (Phi) is 6.90.